The highest BCUT2D eigenvalue weighted by Crippen LogP contribution is 2.23. The summed E-state index contributed by atoms with van der Waals surface area (Å²) in [6, 6.07) is 6.66. The fraction of sp³-hybridized carbons (Fsp3) is 0.111. The Morgan fingerprint density at radius 2 is 2.00 bits per heavy atom. The molecule has 1 aromatic heterocycles. The van der Waals surface area contributed by atoms with Gasteiger partial charge in [-0.05, 0) is 46.9 Å². The zero-order valence-electron chi connectivity index (χ0n) is 7.32. The molecule has 1 aromatic carbocycles. The third-order valence-electron chi connectivity index (χ3n) is 1.89. The van der Waals surface area contributed by atoms with Crippen molar-refractivity contribution in [3.8, 4) is 0 Å². The van der Waals surface area contributed by atoms with Crippen LogP contribution in [0.3, 0.4) is 0 Å². The lowest BCUT2D eigenvalue weighted by Gasteiger charge is -1.96. The lowest BCUT2D eigenvalue weighted by atomic mass is 10.3. The summed E-state index contributed by atoms with van der Waals surface area (Å²) in [5.41, 5.74) is 0.710. The zero-order valence-corrected chi connectivity index (χ0v) is 10.3. The SMILES string of the molecule is CS(=O)(=O)c1ccc2oc(I)cc2c1. The number of hydrogen-bond donors (Lipinski definition) is 0. The van der Waals surface area contributed by atoms with Gasteiger partial charge in [-0.15, -0.1) is 0 Å². The van der Waals surface area contributed by atoms with Gasteiger partial charge >= 0.3 is 0 Å². The average molecular weight is 322 g/mol. The maximum absolute atomic E-state index is 11.3. The van der Waals surface area contributed by atoms with Crippen molar-refractivity contribution in [2.75, 3.05) is 6.26 Å². The Morgan fingerprint density at radius 3 is 2.64 bits per heavy atom. The summed E-state index contributed by atoms with van der Waals surface area (Å²) in [5.74, 6) is 0. The number of furan rings is 1. The first-order valence-electron chi connectivity index (χ1n) is 3.86. The molecule has 0 fully saturated rings. The van der Waals surface area contributed by atoms with Gasteiger partial charge in [-0.1, -0.05) is 0 Å². The maximum Gasteiger partial charge on any atom is 0.175 e. The molecule has 74 valence electrons. The number of halogens is 1. The molecule has 0 bridgehead atoms. The van der Waals surface area contributed by atoms with Crippen LogP contribution >= 0.6 is 22.6 Å². The van der Waals surface area contributed by atoms with E-state index in [9.17, 15) is 8.42 Å². The highest BCUT2D eigenvalue weighted by molar-refractivity contribution is 14.1. The number of sulfone groups is 1. The van der Waals surface area contributed by atoms with Gasteiger partial charge in [0.1, 0.15) is 5.58 Å². The van der Waals surface area contributed by atoms with Crippen LogP contribution < -0.4 is 0 Å². The van der Waals surface area contributed by atoms with E-state index in [1.807, 2.05) is 28.7 Å². The Bertz CT molecular complexity index is 583. The Morgan fingerprint density at radius 1 is 1.29 bits per heavy atom. The van der Waals surface area contributed by atoms with Crippen molar-refractivity contribution in [3.05, 3.63) is 28.0 Å². The van der Waals surface area contributed by atoms with Gasteiger partial charge in [-0.2, -0.15) is 0 Å². The maximum atomic E-state index is 11.3. The summed E-state index contributed by atoms with van der Waals surface area (Å²) in [4.78, 5) is 0.321. The molecule has 0 saturated carbocycles. The number of hydrogen-bond acceptors (Lipinski definition) is 3. The van der Waals surface area contributed by atoms with Gasteiger partial charge in [-0.25, -0.2) is 8.42 Å². The second-order valence-electron chi connectivity index (χ2n) is 3.02. The minimum absolute atomic E-state index is 0.321. The molecule has 0 N–H and O–H groups in total. The predicted molar refractivity (Wildman–Crippen MR) is 62.0 cm³/mol. The van der Waals surface area contributed by atoms with Crippen molar-refractivity contribution in [1.82, 2.24) is 0 Å². The number of benzene rings is 1. The van der Waals surface area contributed by atoms with Crippen molar-refractivity contribution in [2.24, 2.45) is 0 Å². The molecule has 14 heavy (non-hydrogen) atoms. The Labute approximate surface area is 95.2 Å². The quantitative estimate of drug-likeness (QED) is 0.758. The normalized spacial score (nSPS) is 12.1. The smallest absolute Gasteiger partial charge is 0.175 e. The Kier molecular flexibility index (Phi) is 2.30. The predicted octanol–water partition coefficient (Wildman–Crippen LogP) is 2.44. The second kappa shape index (κ2) is 3.23. The molecule has 1 heterocycles. The highest BCUT2D eigenvalue weighted by atomic mass is 127. The first-order valence-corrected chi connectivity index (χ1v) is 6.83. The van der Waals surface area contributed by atoms with Crippen LogP contribution in [0.15, 0.2) is 33.6 Å². The molecule has 0 unspecified atom stereocenters. The van der Waals surface area contributed by atoms with Crippen LogP contribution in [-0.4, -0.2) is 14.7 Å². The van der Waals surface area contributed by atoms with E-state index >= 15 is 0 Å². The van der Waals surface area contributed by atoms with E-state index in [0.29, 0.717) is 10.5 Å². The van der Waals surface area contributed by atoms with Crippen molar-refractivity contribution in [3.63, 3.8) is 0 Å². The largest absolute Gasteiger partial charge is 0.450 e. The van der Waals surface area contributed by atoms with Crippen LogP contribution in [0.4, 0.5) is 0 Å². The fourth-order valence-electron chi connectivity index (χ4n) is 1.22. The molecule has 0 atom stereocenters. The average Bonchev–Trinajstić information content (AvgIpc) is 2.41. The third-order valence-corrected chi connectivity index (χ3v) is 3.53. The van der Waals surface area contributed by atoms with E-state index in [0.717, 1.165) is 9.15 Å². The third kappa shape index (κ3) is 1.78. The van der Waals surface area contributed by atoms with Crippen LogP contribution in [0.2, 0.25) is 0 Å². The van der Waals surface area contributed by atoms with Gasteiger partial charge < -0.3 is 4.42 Å². The topological polar surface area (TPSA) is 47.3 Å². The highest BCUT2D eigenvalue weighted by Gasteiger charge is 2.09. The summed E-state index contributed by atoms with van der Waals surface area (Å²) < 4.78 is 28.6. The lowest BCUT2D eigenvalue weighted by Crippen LogP contribution is -1.95. The summed E-state index contributed by atoms with van der Waals surface area (Å²) in [7, 11) is -3.13. The van der Waals surface area contributed by atoms with Gasteiger partial charge in [0.25, 0.3) is 0 Å². The summed E-state index contributed by atoms with van der Waals surface area (Å²) in [6.07, 6.45) is 1.19. The van der Waals surface area contributed by atoms with Crippen LogP contribution in [0, 0.1) is 3.77 Å². The molecule has 0 aliphatic carbocycles. The van der Waals surface area contributed by atoms with Gasteiger partial charge in [0.2, 0.25) is 0 Å². The zero-order chi connectivity index (χ0) is 10.3. The molecule has 0 aliphatic heterocycles. The minimum Gasteiger partial charge on any atom is -0.450 e. The molecule has 2 aromatic rings. The minimum atomic E-state index is -3.13. The van der Waals surface area contributed by atoms with Gasteiger partial charge in [0.15, 0.2) is 13.6 Å². The van der Waals surface area contributed by atoms with Gasteiger partial charge in [0.05, 0.1) is 4.90 Å². The van der Waals surface area contributed by atoms with Crippen molar-refractivity contribution >= 4 is 43.4 Å². The first kappa shape index (κ1) is 9.97. The summed E-state index contributed by atoms with van der Waals surface area (Å²) in [5, 5.41) is 0.817. The molecule has 2 rings (SSSR count). The Balaban J connectivity index is 2.74. The van der Waals surface area contributed by atoms with Crippen molar-refractivity contribution < 1.29 is 12.8 Å². The van der Waals surface area contributed by atoms with Crippen molar-refractivity contribution in [2.45, 2.75) is 4.90 Å². The van der Waals surface area contributed by atoms with Crippen LogP contribution in [0.25, 0.3) is 11.0 Å². The van der Waals surface area contributed by atoms with E-state index in [2.05, 4.69) is 0 Å². The van der Waals surface area contributed by atoms with E-state index in [4.69, 9.17) is 4.42 Å². The molecule has 0 spiro atoms. The van der Waals surface area contributed by atoms with E-state index in [-0.39, 0.29) is 0 Å². The molecule has 5 heteroatoms. The van der Waals surface area contributed by atoms with Gasteiger partial charge in [-0.3, -0.25) is 0 Å². The van der Waals surface area contributed by atoms with Crippen LogP contribution in [0.1, 0.15) is 0 Å². The van der Waals surface area contributed by atoms with Gasteiger partial charge in [0, 0.05) is 11.6 Å². The lowest BCUT2D eigenvalue weighted by molar-refractivity contribution is 0.584. The molecule has 0 aliphatic rings. The van der Waals surface area contributed by atoms with Crippen LogP contribution in [0.5, 0.6) is 0 Å². The summed E-state index contributed by atoms with van der Waals surface area (Å²) >= 11 is 2.05. The molecule has 0 radical (unpaired) electrons. The van der Waals surface area contributed by atoms with E-state index in [1.54, 1.807) is 18.2 Å². The monoisotopic (exact) mass is 322 g/mol. The van der Waals surface area contributed by atoms with E-state index in [1.165, 1.54) is 6.26 Å². The summed E-state index contributed by atoms with van der Waals surface area (Å²) in [6.45, 7) is 0. The van der Waals surface area contributed by atoms with Crippen LogP contribution in [-0.2, 0) is 9.84 Å². The molecule has 3 nitrogen and oxygen atoms in total. The second-order valence-corrected chi connectivity index (χ2v) is 6.10. The molecular weight excluding hydrogens is 315 g/mol. The molecular formula is C9H7IO3S. The Hall–Kier alpha value is -0.560. The number of fused-ring (bicyclic) bond motifs is 1. The van der Waals surface area contributed by atoms with E-state index < -0.39 is 9.84 Å². The molecule has 0 amide bonds. The van der Waals surface area contributed by atoms with Crippen molar-refractivity contribution in [1.29, 1.82) is 0 Å². The first-order chi connectivity index (χ1) is 6.47. The fourth-order valence-corrected chi connectivity index (χ4v) is 2.45. The standard InChI is InChI=1S/C9H7IO3S/c1-14(11,12)7-2-3-8-6(4-7)5-9(10)13-8/h2-5H,1H3. The number of rotatable bonds is 1. The molecule has 0 saturated heterocycles.